The third-order valence-electron chi connectivity index (χ3n) is 2.55. The largest absolute Gasteiger partial charge is 0.476 e. The average molecular weight is 181 g/mol. The third kappa shape index (κ3) is 1.20. The van der Waals surface area contributed by atoms with Crippen LogP contribution in [-0.2, 0) is 7.05 Å². The smallest absolute Gasteiger partial charge is 0.356 e. The molecule has 1 aliphatic carbocycles. The van der Waals surface area contributed by atoms with E-state index in [2.05, 4.69) is 10.3 Å². The van der Waals surface area contributed by atoms with E-state index < -0.39 is 5.97 Å². The number of aromatic carboxylic acids is 1. The van der Waals surface area contributed by atoms with Crippen LogP contribution in [0.15, 0.2) is 0 Å². The van der Waals surface area contributed by atoms with Gasteiger partial charge in [0.1, 0.15) is 5.69 Å². The summed E-state index contributed by atoms with van der Waals surface area (Å²) in [5, 5.41) is 16.5. The van der Waals surface area contributed by atoms with E-state index in [0.29, 0.717) is 11.6 Å². The van der Waals surface area contributed by atoms with Crippen LogP contribution in [0.5, 0.6) is 0 Å². The van der Waals surface area contributed by atoms with E-state index in [-0.39, 0.29) is 5.69 Å². The highest BCUT2D eigenvalue weighted by atomic mass is 16.4. The van der Waals surface area contributed by atoms with Gasteiger partial charge in [-0.25, -0.2) is 9.48 Å². The van der Waals surface area contributed by atoms with Crippen molar-refractivity contribution in [1.29, 1.82) is 0 Å². The first-order valence-corrected chi connectivity index (χ1v) is 4.33. The minimum absolute atomic E-state index is 0.240. The number of hydrogen-bond donors (Lipinski definition) is 1. The Morgan fingerprint density at radius 2 is 2.31 bits per heavy atom. The standard InChI is InChI=1S/C8H11N3O2/c1-11-7(8(12)13)6(9-10-11)5-3-2-4-5/h5H,2-4H2,1H3,(H,12,13). The van der Waals surface area contributed by atoms with Crippen molar-refractivity contribution in [3.63, 3.8) is 0 Å². The monoisotopic (exact) mass is 181 g/mol. The molecule has 1 aromatic heterocycles. The van der Waals surface area contributed by atoms with Crippen LogP contribution in [0, 0.1) is 0 Å². The van der Waals surface area contributed by atoms with Crippen LogP contribution in [0.2, 0.25) is 0 Å². The third-order valence-corrected chi connectivity index (χ3v) is 2.55. The Morgan fingerprint density at radius 1 is 1.62 bits per heavy atom. The van der Waals surface area contributed by atoms with Crippen LogP contribution in [0.1, 0.15) is 41.4 Å². The first-order valence-electron chi connectivity index (χ1n) is 4.33. The second kappa shape index (κ2) is 2.83. The number of carboxylic acids is 1. The highest BCUT2D eigenvalue weighted by Gasteiger charge is 2.29. The number of carbonyl (C=O) groups is 1. The highest BCUT2D eigenvalue weighted by molar-refractivity contribution is 5.87. The van der Waals surface area contributed by atoms with Crippen molar-refractivity contribution in [2.24, 2.45) is 7.05 Å². The number of aryl methyl sites for hydroxylation is 1. The van der Waals surface area contributed by atoms with E-state index in [0.717, 1.165) is 12.8 Å². The van der Waals surface area contributed by atoms with Gasteiger partial charge < -0.3 is 5.11 Å². The van der Waals surface area contributed by atoms with Crippen molar-refractivity contribution < 1.29 is 9.90 Å². The fraction of sp³-hybridized carbons (Fsp3) is 0.625. The van der Waals surface area contributed by atoms with Gasteiger partial charge in [-0.3, -0.25) is 0 Å². The summed E-state index contributed by atoms with van der Waals surface area (Å²) >= 11 is 0. The summed E-state index contributed by atoms with van der Waals surface area (Å²) in [6, 6.07) is 0. The van der Waals surface area contributed by atoms with Crippen molar-refractivity contribution in [3.05, 3.63) is 11.4 Å². The Bertz CT molecular complexity index is 341. The summed E-state index contributed by atoms with van der Waals surface area (Å²) in [6.45, 7) is 0. The maximum absolute atomic E-state index is 10.8. The van der Waals surface area contributed by atoms with E-state index in [9.17, 15) is 4.79 Å². The SMILES string of the molecule is Cn1nnc(C2CCC2)c1C(=O)O. The number of nitrogens with zero attached hydrogens (tertiary/aromatic N) is 3. The topological polar surface area (TPSA) is 68.0 Å². The first kappa shape index (κ1) is 8.22. The molecule has 1 fully saturated rings. The zero-order valence-corrected chi connectivity index (χ0v) is 7.40. The molecule has 0 saturated heterocycles. The molecule has 1 N–H and O–H groups in total. The van der Waals surface area contributed by atoms with Crippen LogP contribution >= 0.6 is 0 Å². The summed E-state index contributed by atoms with van der Waals surface area (Å²) in [6.07, 6.45) is 3.25. The van der Waals surface area contributed by atoms with Gasteiger partial charge in [0.25, 0.3) is 0 Å². The Balaban J connectivity index is 2.38. The maximum atomic E-state index is 10.8. The van der Waals surface area contributed by atoms with Crippen LogP contribution in [0.25, 0.3) is 0 Å². The Hall–Kier alpha value is -1.39. The van der Waals surface area contributed by atoms with Gasteiger partial charge in [0, 0.05) is 13.0 Å². The molecule has 0 aromatic carbocycles. The summed E-state index contributed by atoms with van der Waals surface area (Å²) in [5.41, 5.74) is 0.894. The van der Waals surface area contributed by atoms with Gasteiger partial charge in [0.15, 0.2) is 5.69 Å². The number of rotatable bonds is 2. The van der Waals surface area contributed by atoms with E-state index in [1.165, 1.54) is 11.1 Å². The van der Waals surface area contributed by atoms with Crippen molar-refractivity contribution in [2.45, 2.75) is 25.2 Å². The molecule has 1 aliphatic rings. The predicted molar refractivity (Wildman–Crippen MR) is 44.6 cm³/mol. The Labute approximate surface area is 75.4 Å². The van der Waals surface area contributed by atoms with Gasteiger partial charge in [0.2, 0.25) is 0 Å². The molecule has 0 spiro atoms. The lowest BCUT2D eigenvalue weighted by Crippen LogP contribution is -2.15. The van der Waals surface area contributed by atoms with Crippen LogP contribution in [-0.4, -0.2) is 26.1 Å². The molecule has 0 aliphatic heterocycles. The van der Waals surface area contributed by atoms with Gasteiger partial charge in [0.05, 0.1) is 0 Å². The molecule has 1 saturated carbocycles. The summed E-state index contributed by atoms with van der Waals surface area (Å²) in [5.74, 6) is -0.616. The molecule has 2 rings (SSSR count). The molecule has 13 heavy (non-hydrogen) atoms. The van der Waals surface area contributed by atoms with Gasteiger partial charge in [-0.1, -0.05) is 11.6 Å². The zero-order valence-electron chi connectivity index (χ0n) is 7.40. The van der Waals surface area contributed by atoms with Crippen molar-refractivity contribution in [1.82, 2.24) is 15.0 Å². The minimum atomic E-state index is -0.936. The first-order chi connectivity index (χ1) is 6.20. The summed E-state index contributed by atoms with van der Waals surface area (Å²) in [7, 11) is 1.61. The zero-order chi connectivity index (χ0) is 9.42. The van der Waals surface area contributed by atoms with Gasteiger partial charge in [-0.05, 0) is 12.8 Å². The fourth-order valence-electron chi connectivity index (χ4n) is 1.58. The van der Waals surface area contributed by atoms with Crippen molar-refractivity contribution >= 4 is 5.97 Å². The summed E-state index contributed by atoms with van der Waals surface area (Å²) in [4.78, 5) is 10.8. The van der Waals surface area contributed by atoms with Gasteiger partial charge >= 0.3 is 5.97 Å². The fourth-order valence-corrected chi connectivity index (χ4v) is 1.58. The van der Waals surface area contributed by atoms with E-state index >= 15 is 0 Å². The molecule has 0 unspecified atom stereocenters. The lowest BCUT2D eigenvalue weighted by molar-refractivity contribution is 0.0682. The molecule has 0 atom stereocenters. The normalized spacial score (nSPS) is 17.0. The van der Waals surface area contributed by atoms with Gasteiger partial charge in [-0.2, -0.15) is 0 Å². The summed E-state index contributed by atoms with van der Waals surface area (Å²) < 4.78 is 1.33. The molecule has 5 heteroatoms. The lowest BCUT2D eigenvalue weighted by Gasteiger charge is -2.23. The van der Waals surface area contributed by atoms with Crippen LogP contribution in [0.4, 0.5) is 0 Å². The maximum Gasteiger partial charge on any atom is 0.356 e. The van der Waals surface area contributed by atoms with E-state index in [1.807, 2.05) is 0 Å². The molecule has 0 bridgehead atoms. The second-order valence-corrected chi connectivity index (χ2v) is 3.38. The Morgan fingerprint density at radius 3 is 2.77 bits per heavy atom. The van der Waals surface area contributed by atoms with E-state index in [4.69, 9.17) is 5.11 Å². The van der Waals surface area contributed by atoms with Crippen molar-refractivity contribution in [3.8, 4) is 0 Å². The number of hydrogen-bond acceptors (Lipinski definition) is 3. The quantitative estimate of drug-likeness (QED) is 0.732. The van der Waals surface area contributed by atoms with Crippen LogP contribution < -0.4 is 0 Å². The Kier molecular flexibility index (Phi) is 1.79. The molecular weight excluding hydrogens is 170 g/mol. The van der Waals surface area contributed by atoms with Gasteiger partial charge in [-0.15, -0.1) is 5.10 Å². The molecule has 5 nitrogen and oxygen atoms in total. The van der Waals surface area contributed by atoms with Crippen molar-refractivity contribution in [2.75, 3.05) is 0 Å². The second-order valence-electron chi connectivity index (χ2n) is 3.38. The molecular formula is C8H11N3O2. The molecule has 1 heterocycles. The van der Waals surface area contributed by atoms with E-state index in [1.54, 1.807) is 7.05 Å². The molecule has 0 amide bonds. The van der Waals surface area contributed by atoms with Crippen LogP contribution in [0.3, 0.4) is 0 Å². The predicted octanol–water partition coefficient (Wildman–Crippen LogP) is 0.781. The highest BCUT2D eigenvalue weighted by Crippen LogP contribution is 2.36. The molecule has 1 aromatic rings. The minimum Gasteiger partial charge on any atom is -0.476 e. The lowest BCUT2D eigenvalue weighted by atomic mass is 9.82. The average Bonchev–Trinajstić information content (AvgIpc) is 2.28. The number of aromatic nitrogens is 3. The number of carboxylic acid groups (broad SMARTS) is 1. The molecule has 70 valence electrons. The molecule has 0 radical (unpaired) electrons.